The molecule has 3 aliphatic carbocycles. The van der Waals surface area contributed by atoms with Crippen molar-refractivity contribution in [1.29, 1.82) is 0 Å². The van der Waals surface area contributed by atoms with Gasteiger partial charge in [-0.3, -0.25) is 0 Å². The molecule has 1 N–H and O–H groups in total. The number of carbonyl (C=O) groups excluding carboxylic acids is 1. The maximum atomic E-state index is 10.6. The van der Waals surface area contributed by atoms with E-state index in [1.807, 2.05) is 0 Å². The lowest BCUT2D eigenvalue weighted by atomic mass is 9.64. The first-order valence-electron chi connectivity index (χ1n) is 8.13. The molecule has 0 heterocycles. The highest BCUT2D eigenvalue weighted by molar-refractivity contribution is 5.76. The number of aliphatic carboxylic acids is 1. The first-order valence-corrected chi connectivity index (χ1v) is 8.13. The highest BCUT2D eigenvalue weighted by Gasteiger charge is 2.67. The largest absolute Gasteiger partial charge is 0.545 e. The van der Waals surface area contributed by atoms with Crippen LogP contribution in [-0.2, 0) is 4.79 Å². The molecule has 120 valence electrons. The molecule has 3 heteroatoms. The Morgan fingerprint density at radius 2 is 1.81 bits per heavy atom. The van der Waals surface area contributed by atoms with Crippen LogP contribution >= 0.6 is 0 Å². The molecule has 3 aliphatic rings. The van der Waals surface area contributed by atoms with Crippen molar-refractivity contribution in [2.24, 2.45) is 28.6 Å². The average molecular weight is 293 g/mol. The van der Waals surface area contributed by atoms with Gasteiger partial charge in [0, 0.05) is 0 Å². The van der Waals surface area contributed by atoms with Crippen molar-refractivity contribution < 1.29 is 15.0 Å². The minimum absolute atomic E-state index is 0.352. The maximum Gasteiger partial charge on any atom is 0.0653 e. The van der Waals surface area contributed by atoms with E-state index >= 15 is 0 Å². The van der Waals surface area contributed by atoms with E-state index in [2.05, 4.69) is 34.3 Å². The molecule has 5 atom stereocenters. The highest BCUT2D eigenvalue weighted by atomic mass is 16.4. The van der Waals surface area contributed by atoms with Crippen molar-refractivity contribution >= 4 is 5.97 Å². The number of carbonyl (C=O) groups is 1. The van der Waals surface area contributed by atoms with Gasteiger partial charge in [-0.15, -0.1) is 0 Å². The lowest BCUT2D eigenvalue weighted by molar-refractivity contribution is -0.297. The second-order valence-corrected chi connectivity index (χ2v) is 8.22. The Morgan fingerprint density at radius 3 is 2.33 bits per heavy atom. The van der Waals surface area contributed by atoms with Crippen LogP contribution in [0.4, 0.5) is 0 Å². The Hall–Kier alpha value is -0.830. The van der Waals surface area contributed by atoms with Gasteiger partial charge in [-0.1, -0.05) is 27.4 Å². The van der Waals surface area contributed by atoms with Crippen molar-refractivity contribution in [3.05, 3.63) is 12.7 Å². The van der Waals surface area contributed by atoms with Crippen LogP contribution < -0.4 is 5.11 Å². The van der Waals surface area contributed by atoms with Crippen molar-refractivity contribution in [2.75, 3.05) is 0 Å². The van der Waals surface area contributed by atoms with Crippen LogP contribution in [0, 0.1) is 28.6 Å². The van der Waals surface area contributed by atoms with Crippen LogP contribution in [0.3, 0.4) is 0 Å². The Balaban J connectivity index is 0.000000282. The molecule has 0 radical (unpaired) electrons. The molecule has 0 aromatic rings. The van der Waals surface area contributed by atoms with Crippen molar-refractivity contribution in [2.45, 2.75) is 65.4 Å². The second kappa shape index (κ2) is 5.12. The smallest absolute Gasteiger partial charge is 0.0653 e. The van der Waals surface area contributed by atoms with Gasteiger partial charge >= 0.3 is 0 Å². The van der Waals surface area contributed by atoms with E-state index in [4.69, 9.17) is 9.90 Å². The van der Waals surface area contributed by atoms with E-state index in [0.717, 1.165) is 24.3 Å². The number of rotatable bonds is 1. The van der Waals surface area contributed by atoms with Gasteiger partial charge in [0.25, 0.3) is 0 Å². The zero-order valence-electron chi connectivity index (χ0n) is 13.8. The van der Waals surface area contributed by atoms with E-state index in [-0.39, 0.29) is 0 Å². The third-order valence-corrected chi connectivity index (χ3v) is 6.96. The molecule has 1 spiro atoms. The second-order valence-electron chi connectivity index (χ2n) is 8.22. The van der Waals surface area contributed by atoms with E-state index in [1.165, 1.54) is 25.7 Å². The van der Waals surface area contributed by atoms with Gasteiger partial charge in [0.2, 0.25) is 0 Å². The summed E-state index contributed by atoms with van der Waals surface area (Å²) < 4.78 is 0. The number of fused-ring (bicyclic) bond motifs is 1. The Labute approximate surface area is 128 Å². The molecule has 3 fully saturated rings. The number of aliphatic hydroxyl groups is 1. The molecular weight excluding hydrogens is 264 g/mol. The monoisotopic (exact) mass is 293 g/mol. The molecule has 0 aliphatic heterocycles. The summed E-state index contributed by atoms with van der Waals surface area (Å²) in [6.07, 6.45) is 7.14. The lowest BCUT2D eigenvalue weighted by Gasteiger charge is -2.44. The molecule has 0 unspecified atom stereocenters. The van der Waals surface area contributed by atoms with Crippen molar-refractivity contribution in [3.63, 3.8) is 0 Å². The summed E-state index contributed by atoms with van der Waals surface area (Å²) in [7, 11) is 0. The summed E-state index contributed by atoms with van der Waals surface area (Å²) in [5.41, 5.74) is 0.542. The van der Waals surface area contributed by atoms with Crippen molar-refractivity contribution in [3.8, 4) is 0 Å². The highest BCUT2D eigenvalue weighted by Crippen LogP contribution is 2.73. The summed E-state index contributed by atoms with van der Waals surface area (Å²) in [5, 5.41) is 19.8. The number of hydrogen-bond acceptors (Lipinski definition) is 3. The Kier molecular flexibility index (Phi) is 4.03. The fourth-order valence-corrected chi connectivity index (χ4v) is 5.88. The fraction of sp³-hybridized carbons (Fsp3) is 0.833. The molecule has 0 aromatic carbocycles. The summed E-state index contributed by atoms with van der Waals surface area (Å²) >= 11 is 0. The van der Waals surface area contributed by atoms with Gasteiger partial charge in [-0.2, -0.15) is 0 Å². The normalized spacial score (nSPS) is 46.2. The minimum atomic E-state index is -1.23. The van der Waals surface area contributed by atoms with Crippen LogP contribution in [0.5, 0.6) is 0 Å². The molecule has 3 nitrogen and oxygen atoms in total. The predicted octanol–water partition coefficient (Wildman–Crippen LogP) is 2.53. The summed E-state index contributed by atoms with van der Waals surface area (Å²) in [6, 6.07) is 0. The van der Waals surface area contributed by atoms with Gasteiger partial charge in [-0.05, 0) is 73.7 Å². The summed E-state index contributed by atoms with van der Waals surface area (Å²) in [6.45, 7) is 12.3. The zero-order chi connectivity index (χ0) is 16.1. The van der Waals surface area contributed by atoms with E-state index in [9.17, 15) is 5.11 Å². The topological polar surface area (TPSA) is 60.4 Å². The van der Waals surface area contributed by atoms with Crippen LogP contribution in [0.25, 0.3) is 0 Å². The number of carboxylic acids is 1. The standard InChI is InChI=1S/C15H26O.C3H4O2/c1-10-5-6-11-13(2,3)12-9-15(10,11)8-7-14(12,4)16;1-2-3(4)5/h10-12,16H,5-9H2,1-4H3;2H,1H2,(H,4,5)/p-1/t10-,11+,12-,14-,15+;/m1./s1. The number of hydrogen-bond donors (Lipinski definition) is 1. The van der Waals surface area contributed by atoms with E-state index in [1.54, 1.807) is 0 Å². The quantitative estimate of drug-likeness (QED) is 0.756. The Morgan fingerprint density at radius 1 is 1.24 bits per heavy atom. The van der Waals surface area contributed by atoms with Crippen LogP contribution in [0.15, 0.2) is 12.7 Å². The van der Waals surface area contributed by atoms with Gasteiger partial charge in [-0.25, -0.2) is 0 Å². The zero-order valence-corrected chi connectivity index (χ0v) is 13.8. The third kappa shape index (κ3) is 2.44. The lowest BCUT2D eigenvalue weighted by Crippen LogP contribution is -2.44. The summed E-state index contributed by atoms with van der Waals surface area (Å²) in [4.78, 5) is 9.14. The molecular formula is C18H29O3-. The van der Waals surface area contributed by atoms with Gasteiger partial charge in [0.1, 0.15) is 0 Å². The molecule has 0 aromatic heterocycles. The SMILES string of the molecule is C=CC(=O)[O-].C[C@@H]1CC[C@H]2C(C)(C)[C@H]3C[C@@]12CC[C@@]3(C)O. The first-order chi connectivity index (χ1) is 9.58. The van der Waals surface area contributed by atoms with Crippen LogP contribution in [0.2, 0.25) is 0 Å². The van der Waals surface area contributed by atoms with Crippen LogP contribution in [-0.4, -0.2) is 16.7 Å². The summed E-state index contributed by atoms with van der Waals surface area (Å²) in [5.74, 6) is 1.05. The first kappa shape index (κ1) is 16.5. The number of carboxylic acid groups (broad SMARTS) is 1. The van der Waals surface area contributed by atoms with Gasteiger partial charge in [0.15, 0.2) is 0 Å². The van der Waals surface area contributed by atoms with Crippen molar-refractivity contribution in [1.82, 2.24) is 0 Å². The molecule has 21 heavy (non-hydrogen) atoms. The van der Waals surface area contributed by atoms with Gasteiger partial charge in [0.05, 0.1) is 11.6 Å². The molecule has 3 rings (SSSR count). The Bertz CT molecular complexity index is 434. The fourth-order valence-electron chi connectivity index (χ4n) is 5.88. The predicted molar refractivity (Wildman–Crippen MR) is 81.3 cm³/mol. The molecule has 0 saturated heterocycles. The molecule has 0 amide bonds. The molecule has 3 saturated carbocycles. The third-order valence-electron chi connectivity index (χ3n) is 6.96. The van der Waals surface area contributed by atoms with E-state index < -0.39 is 11.6 Å². The maximum absolute atomic E-state index is 10.6. The molecule has 2 bridgehead atoms. The average Bonchev–Trinajstić information content (AvgIpc) is 2.81. The van der Waals surface area contributed by atoms with Gasteiger partial charge < -0.3 is 15.0 Å². The van der Waals surface area contributed by atoms with Crippen LogP contribution in [0.1, 0.15) is 59.8 Å². The van der Waals surface area contributed by atoms with E-state index in [0.29, 0.717) is 16.7 Å². The minimum Gasteiger partial charge on any atom is -0.545 e.